The quantitative estimate of drug-likeness (QED) is 0.752. The van der Waals surface area contributed by atoms with Gasteiger partial charge in [-0.3, -0.25) is 0 Å². The Balaban J connectivity index is 0.000000845. The van der Waals surface area contributed by atoms with Crippen molar-refractivity contribution in [3.63, 3.8) is 0 Å². The number of hydrogen-bond donors (Lipinski definition) is 1. The lowest BCUT2D eigenvalue weighted by Crippen LogP contribution is -2.47. The molecule has 13 heavy (non-hydrogen) atoms. The summed E-state index contributed by atoms with van der Waals surface area (Å²) in [5, 5.41) is 2.94. The van der Waals surface area contributed by atoms with Crippen LogP contribution in [0.5, 0.6) is 11.5 Å². The second kappa shape index (κ2) is 3.44. The van der Waals surface area contributed by atoms with E-state index >= 15 is 0 Å². The van der Waals surface area contributed by atoms with Crippen molar-refractivity contribution in [1.82, 2.24) is 5.32 Å². The zero-order valence-electron chi connectivity index (χ0n) is 7.53. The third kappa shape index (κ3) is 1.71. The summed E-state index contributed by atoms with van der Waals surface area (Å²) in [6.07, 6.45) is 0. The van der Waals surface area contributed by atoms with Gasteiger partial charge in [-0.05, 0) is 19.2 Å². The molecule has 1 aromatic rings. The average molecular weight is 202 g/mol. The van der Waals surface area contributed by atoms with Crippen LogP contribution < -0.4 is 14.8 Å². The van der Waals surface area contributed by atoms with E-state index in [9.17, 15) is 0 Å². The first kappa shape index (κ1) is 10.2. The van der Waals surface area contributed by atoms with E-state index in [1.165, 1.54) is 0 Å². The molecule has 72 valence electrons. The van der Waals surface area contributed by atoms with E-state index < -0.39 is 5.91 Å². The van der Waals surface area contributed by atoms with Gasteiger partial charge >= 0.3 is 5.91 Å². The lowest BCUT2D eigenvalue weighted by Gasteiger charge is -2.21. The van der Waals surface area contributed by atoms with Gasteiger partial charge in [-0.25, -0.2) is 5.32 Å². The highest BCUT2D eigenvalue weighted by molar-refractivity contribution is 5.85. The lowest BCUT2D eigenvalue weighted by atomic mass is 10.3. The molecule has 0 atom stereocenters. The van der Waals surface area contributed by atoms with E-state index in [0.717, 1.165) is 11.5 Å². The third-order valence-electron chi connectivity index (χ3n) is 1.91. The van der Waals surface area contributed by atoms with Gasteiger partial charge in [-0.1, -0.05) is 12.1 Å². The fraction of sp³-hybridized carbons (Fsp3) is 0.333. The smallest absolute Gasteiger partial charge is 0.310 e. The Morgan fingerprint density at radius 1 is 1.15 bits per heavy atom. The van der Waals surface area contributed by atoms with Crippen molar-refractivity contribution in [2.75, 3.05) is 7.05 Å². The first-order valence-corrected chi connectivity index (χ1v) is 3.89. The molecule has 0 unspecified atom stereocenters. The van der Waals surface area contributed by atoms with Crippen LogP contribution in [0.1, 0.15) is 6.92 Å². The van der Waals surface area contributed by atoms with Gasteiger partial charge in [0.25, 0.3) is 0 Å². The molecule has 1 aromatic carbocycles. The van der Waals surface area contributed by atoms with E-state index in [-0.39, 0.29) is 12.4 Å². The van der Waals surface area contributed by atoms with Crippen LogP contribution in [0.2, 0.25) is 0 Å². The maximum atomic E-state index is 5.51. The van der Waals surface area contributed by atoms with Crippen LogP contribution in [-0.2, 0) is 0 Å². The summed E-state index contributed by atoms with van der Waals surface area (Å²) in [4.78, 5) is 0. The maximum absolute atomic E-state index is 5.51. The third-order valence-corrected chi connectivity index (χ3v) is 1.91. The van der Waals surface area contributed by atoms with Gasteiger partial charge in [-0.15, -0.1) is 12.4 Å². The maximum Gasteiger partial charge on any atom is 0.310 e. The van der Waals surface area contributed by atoms with Gasteiger partial charge in [0.05, 0.1) is 0 Å². The Bertz CT molecular complexity index is 278. The first-order chi connectivity index (χ1) is 5.73. The van der Waals surface area contributed by atoms with Crippen molar-refractivity contribution in [3.05, 3.63) is 24.3 Å². The molecule has 0 saturated heterocycles. The molecule has 3 nitrogen and oxygen atoms in total. The minimum absolute atomic E-state index is 0. The van der Waals surface area contributed by atoms with E-state index in [2.05, 4.69) is 5.32 Å². The highest BCUT2D eigenvalue weighted by Gasteiger charge is 2.34. The van der Waals surface area contributed by atoms with Gasteiger partial charge in [0.1, 0.15) is 0 Å². The molecule has 0 radical (unpaired) electrons. The molecule has 0 amide bonds. The van der Waals surface area contributed by atoms with Crippen LogP contribution in [0.25, 0.3) is 0 Å². The fourth-order valence-electron chi connectivity index (χ4n) is 1.16. The number of hydrogen-bond acceptors (Lipinski definition) is 3. The molecular weight excluding hydrogens is 190 g/mol. The van der Waals surface area contributed by atoms with Gasteiger partial charge < -0.3 is 9.47 Å². The normalized spacial score (nSPS) is 16.5. The predicted octanol–water partition coefficient (Wildman–Crippen LogP) is 1.77. The number of benzene rings is 1. The Morgan fingerprint density at radius 2 is 1.62 bits per heavy atom. The molecule has 0 bridgehead atoms. The van der Waals surface area contributed by atoms with Crippen LogP contribution in [0.15, 0.2) is 24.3 Å². The zero-order chi connectivity index (χ0) is 8.60. The average Bonchev–Trinajstić information content (AvgIpc) is 2.42. The van der Waals surface area contributed by atoms with Gasteiger partial charge in [0, 0.05) is 6.92 Å². The second-order valence-corrected chi connectivity index (χ2v) is 2.85. The fourth-order valence-corrected chi connectivity index (χ4v) is 1.16. The molecule has 1 N–H and O–H groups in total. The predicted molar refractivity (Wildman–Crippen MR) is 52.4 cm³/mol. The minimum Gasteiger partial charge on any atom is -0.436 e. The van der Waals surface area contributed by atoms with E-state index in [1.807, 2.05) is 31.2 Å². The molecule has 0 aromatic heterocycles. The summed E-state index contributed by atoms with van der Waals surface area (Å²) < 4.78 is 11.0. The molecule has 1 aliphatic heterocycles. The highest BCUT2D eigenvalue weighted by Crippen LogP contribution is 2.37. The highest BCUT2D eigenvalue weighted by atomic mass is 35.5. The second-order valence-electron chi connectivity index (χ2n) is 2.85. The van der Waals surface area contributed by atoms with Crippen molar-refractivity contribution >= 4 is 12.4 Å². The molecule has 0 aliphatic carbocycles. The molecule has 1 heterocycles. The molecule has 0 spiro atoms. The monoisotopic (exact) mass is 201 g/mol. The molecule has 1 aliphatic rings. The minimum atomic E-state index is -0.705. The molecule has 4 heteroatoms. The van der Waals surface area contributed by atoms with E-state index in [1.54, 1.807) is 7.05 Å². The molecule has 2 rings (SSSR count). The number of halogens is 1. The summed E-state index contributed by atoms with van der Waals surface area (Å²) in [6, 6.07) is 7.61. The van der Waals surface area contributed by atoms with Crippen LogP contribution in [-0.4, -0.2) is 13.0 Å². The van der Waals surface area contributed by atoms with E-state index in [0.29, 0.717) is 0 Å². The number of nitrogens with one attached hydrogen (secondary N) is 1. The van der Waals surface area contributed by atoms with Crippen LogP contribution in [0, 0.1) is 0 Å². The van der Waals surface area contributed by atoms with Crippen molar-refractivity contribution in [2.24, 2.45) is 0 Å². The largest absolute Gasteiger partial charge is 0.436 e. The number of ether oxygens (including phenoxy) is 2. The van der Waals surface area contributed by atoms with Crippen LogP contribution in [0.4, 0.5) is 0 Å². The van der Waals surface area contributed by atoms with Crippen molar-refractivity contribution in [2.45, 2.75) is 12.8 Å². The standard InChI is InChI=1S/C9H11NO2.ClH/c1-9(10-2)11-7-5-3-4-6-8(7)12-9;/h3-6,10H,1-2H3;1H. The summed E-state index contributed by atoms with van der Waals surface area (Å²) in [7, 11) is 1.80. The molecular formula is C9H12ClNO2. The first-order valence-electron chi connectivity index (χ1n) is 3.89. The molecule has 0 fully saturated rings. The number of fused-ring (bicyclic) bond motifs is 1. The summed E-state index contributed by atoms with van der Waals surface area (Å²) in [5.74, 6) is 0.868. The topological polar surface area (TPSA) is 30.5 Å². The van der Waals surface area contributed by atoms with Crippen LogP contribution >= 0.6 is 12.4 Å². The van der Waals surface area contributed by atoms with Crippen molar-refractivity contribution < 1.29 is 9.47 Å². The summed E-state index contributed by atoms with van der Waals surface area (Å²) in [5.41, 5.74) is 0. The summed E-state index contributed by atoms with van der Waals surface area (Å²) in [6.45, 7) is 1.84. The number of rotatable bonds is 1. The lowest BCUT2D eigenvalue weighted by molar-refractivity contribution is -0.0850. The van der Waals surface area contributed by atoms with Crippen molar-refractivity contribution in [1.29, 1.82) is 0 Å². The Labute approximate surface area is 83.5 Å². The zero-order valence-corrected chi connectivity index (χ0v) is 8.35. The SMILES string of the molecule is CNC1(C)Oc2ccccc2O1.Cl. The van der Waals surface area contributed by atoms with Crippen molar-refractivity contribution in [3.8, 4) is 11.5 Å². The molecule has 0 saturated carbocycles. The van der Waals surface area contributed by atoms with Crippen LogP contribution in [0.3, 0.4) is 0 Å². The Kier molecular flexibility index (Phi) is 2.68. The number of para-hydroxylation sites is 2. The van der Waals surface area contributed by atoms with Gasteiger partial charge in [0.15, 0.2) is 11.5 Å². The Morgan fingerprint density at radius 3 is 2.00 bits per heavy atom. The summed E-state index contributed by atoms with van der Waals surface area (Å²) >= 11 is 0. The van der Waals surface area contributed by atoms with Gasteiger partial charge in [-0.2, -0.15) is 0 Å². The van der Waals surface area contributed by atoms with E-state index in [4.69, 9.17) is 9.47 Å². The van der Waals surface area contributed by atoms with Gasteiger partial charge in [0.2, 0.25) is 0 Å². The Hall–Kier alpha value is -0.930.